The highest BCUT2D eigenvalue weighted by atomic mass is 32.2. The second-order valence-corrected chi connectivity index (χ2v) is 7.44. The van der Waals surface area contributed by atoms with Crippen LogP contribution in [0, 0.1) is 5.92 Å². The summed E-state index contributed by atoms with van der Waals surface area (Å²) in [4.78, 5) is 0. The van der Waals surface area contributed by atoms with Gasteiger partial charge in [-0.3, -0.25) is 0 Å². The summed E-state index contributed by atoms with van der Waals surface area (Å²) in [5.74, 6) is -1.17. The van der Waals surface area contributed by atoms with Gasteiger partial charge in [-0.2, -0.15) is 13.2 Å². The lowest BCUT2D eigenvalue weighted by molar-refractivity contribution is -0.182. The predicted octanol–water partition coefficient (Wildman–Crippen LogP) is 2.13. The van der Waals surface area contributed by atoms with Crippen LogP contribution in [-0.4, -0.2) is 38.7 Å². The molecule has 0 saturated heterocycles. The van der Waals surface area contributed by atoms with Crippen molar-refractivity contribution < 1.29 is 21.6 Å². The van der Waals surface area contributed by atoms with Crippen LogP contribution in [-0.2, 0) is 9.84 Å². The molecule has 0 aromatic carbocycles. The van der Waals surface area contributed by atoms with Crippen molar-refractivity contribution in [3.63, 3.8) is 0 Å². The van der Waals surface area contributed by atoms with Gasteiger partial charge in [-0.05, 0) is 32.6 Å². The van der Waals surface area contributed by atoms with Gasteiger partial charge >= 0.3 is 6.18 Å². The molecule has 0 radical (unpaired) electrons. The molecule has 1 aliphatic carbocycles. The van der Waals surface area contributed by atoms with E-state index in [0.717, 1.165) is 6.26 Å². The second kappa shape index (κ2) is 5.77. The summed E-state index contributed by atoms with van der Waals surface area (Å²) in [7, 11) is -3.05. The van der Waals surface area contributed by atoms with Gasteiger partial charge in [0.05, 0.1) is 11.7 Å². The van der Waals surface area contributed by atoms with Gasteiger partial charge in [0.25, 0.3) is 0 Å². The smallest absolute Gasteiger partial charge is 0.310 e. The third-order valence-electron chi connectivity index (χ3n) is 3.26. The van der Waals surface area contributed by atoms with E-state index in [1.807, 2.05) is 0 Å². The van der Waals surface area contributed by atoms with Gasteiger partial charge < -0.3 is 5.32 Å². The Morgan fingerprint density at radius 3 is 2.11 bits per heavy atom. The highest BCUT2D eigenvalue weighted by Gasteiger charge is 2.41. The number of rotatable bonds is 4. The second-order valence-electron chi connectivity index (χ2n) is 5.25. The van der Waals surface area contributed by atoms with E-state index in [0.29, 0.717) is 12.8 Å². The molecule has 0 aliphatic heterocycles. The summed E-state index contributed by atoms with van der Waals surface area (Å²) in [6.45, 7) is 1.75. The average Bonchev–Trinajstić information content (AvgIpc) is 2.13. The molecular weight excluding hydrogens is 267 g/mol. The van der Waals surface area contributed by atoms with Crippen LogP contribution in [0.4, 0.5) is 13.2 Å². The first-order valence-corrected chi connectivity index (χ1v) is 8.14. The molecule has 1 N–H and O–H groups in total. The number of nitrogens with one attached hydrogen (secondary N) is 1. The number of sulfone groups is 1. The van der Waals surface area contributed by atoms with E-state index >= 15 is 0 Å². The summed E-state index contributed by atoms with van der Waals surface area (Å²) in [5, 5.41) is 3.10. The van der Waals surface area contributed by atoms with E-state index in [1.165, 1.54) is 0 Å². The van der Waals surface area contributed by atoms with Crippen LogP contribution >= 0.6 is 0 Å². The van der Waals surface area contributed by atoms with Crippen LogP contribution in [0.2, 0.25) is 0 Å². The molecule has 0 bridgehead atoms. The summed E-state index contributed by atoms with van der Waals surface area (Å²) in [5.41, 5.74) is 0. The van der Waals surface area contributed by atoms with Crippen molar-refractivity contribution in [3.8, 4) is 0 Å². The molecule has 1 aliphatic rings. The molecule has 1 atom stereocenters. The van der Waals surface area contributed by atoms with Gasteiger partial charge in [0, 0.05) is 18.3 Å². The molecule has 7 heteroatoms. The highest BCUT2D eigenvalue weighted by Crippen LogP contribution is 2.37. The number of hydrogen-bond donors (Lipinski definition) is 1. The Balaban J connectivity index is 2.36. The maximum atomic E-state index is 12.5. The molecule has 0 spiro atoms. The average molecular weight is 287 g/mol. The zero-order valence-electron chi connectivity index (χ0n) is 10.6. The lowest BCUT2D eigenvalue weighted by atomic mass is 9.85. The summed E-state index contributed by atoms with van der Waals surface area (Å²) < 4.78 is 59.5. The molecule has 1 unspecified atom stereocenters. The zero-order valence-corrected chi connectivity index (χ0v) is 11.4. The fourth-order valence-corrected chi connectivity index (χ4v) is 3.50. The predicted molar refractivity (Wildman–Crippen MR) is 64.1 cm³/mol. The lowest BCUT2D eigenvalue weighted by Crippen LogP contribution is -2.43. The Morgan fingerprint density at radius 2 is 1.72 bits per heavy atom. The van der Waals surface area contributed by atoms with Crippen molar-refractivity contribution in [3.05, 3.63) is 0 Å². The minimum atomic E-state index is -4.09. The molecule has 0 aromatic rings. The van der Waals surface area contributed by atoms with Crippen molar-refractivity contribution in [2.75, 3.05) is 12.0 Å². The van der Waals surface area contributed by atoms with Gasteiger partial charge in [-0.15, -0.1) is 0 Å². The monoisotopic (exact) mass is 287 g/mol. The van der Waals surface area contributed by atoms with Gasteiger partial charge in [0.1, 0.15) is 9.84 Å². The van der Waals surface area contributed by atoms with Gasteiger partial charge in [0.15, 0.2) is 0 Å². The largest absolute Gasteiger partial charge is 0.391 e. The molecule has 1 rings (SSSR count). The fraction of sp³-hybridized carbons (Fsp3) is 1.00. The minimum Gasteiger partial charge on any atom is -0.310 e. The Hall–Kier alpha value is -0.300. The Morgan fingerprint density at radius 1 is 1.22 bits per heavy atom. The molecule has 18 heavy (non-hydrogen) atoms. The number of halogens is 3. The summed E-state index contributed by atoms with van der Waals surface area (Å²) >= 11 is 0. The van der Waals surface area contributed by atoms with E-state index in [9.17, 15) is 21.6 Å². The first-order valence-electron chi connectivity index (χ1n) is 6.08. The van der Waals surface area contributed by atoms with Gasteiger partial charge in [-0.25, -0.2) is 8.42 Å². The fourth-order valence-electron chi connectivity index (χ4n) is 2.49. The van der Waals surface area contributed by atoms with Crippen molar-refractivity contribution in [2.24, 2.45) is 5.92 Å². The Bertz CT molecular complexity index is 359. The SMILES string of the molecule is CC(CS(C)(=O)=O)NC1CCC(C(F)(F)F)CC1. The first-order chi connectivity index (χ1) is 8.08. The van der Waals surface area contributed by atoms with Crippen molar-refractivity contribution in [2.45, 2.75) is 50.9 Å². The van der Waals surface area contributed by atoms with Gasteiger partial charge in [0.2, 0.25) is 0 Å². The van der Waals surface area contributed by atoms with Crippen LogP contribution in [0.5, 0.6) is 0 Å². The maximum Gasteiger partial charge on any atom is 0.391 e. The van der Waals surface area contributed by atoms with Crippen LogP contribution in [0.1, 0.15) is 32.6 Å². The Labute approximate surface area is 106 Å². The lowest BCUT2D eigenvalue weighted by Gasteiger charge is -2.32. The molecule has 1 fully saturated rings. The van der Waals surface area contributed by atoms with E-state index < -0.39 is 21.9 Å². The molecule has 3 nitrogen and oxygen atoms in total. The standard InChI is InChI=1S/C11H20F3NO2S/c1-8(7-18(2,16)17)15-10-5-3-9(4-6-10)11(12,13)14/h8-10,15H,3-7H2,1-2H3. The highest BCUT2D eigenvalue weighted by molar-refractivity contribution is 7.90. The molecule has 0 amide bonds. The van der Waals surface area contributed by atoms with Crippen LogP contribution in [0.25, 0.3) is 0 Å². The van der Waals surface area contributed by atoms with Crippen LogP contribution < -0.4 is 5.32 Å². The quantitative estimate of drug-likeness (QED) is 0.861. The molecular formula is C11H20F3NO2S. The van der Waals surface area contributed by atoms with E-state index in [1.54, 1.807) is 6.92 Å². The normalized spacial score (nSPS) is 28.1. The van der Waals surface area contributed by atoms with E-state index in [2.05, 4.69) is 5.32 Å². The Kier molecular flexibility index (Phi) is 5.05. The topological polar surface area (TPSA) is 46.2 Å². The summed E-state index contributed by atoms with van der Waals surface area (Å²) in [6, 6.07) is -0.215. The first kappa shape index (κ1) is 15.8. The van der Waals surface area contributed by atoms with Crippen molar-refractivity contribution in [1.29, 1.82) is 0 Å². The number of alkyl halides is 3. The number of hydrogen-bond acceptors (Lipinski definition) is 3. The van der Waals surface area contributed by atoms with Crippen LogP contribution in [0.3, 0.4) is 0 Å². The van der Waals surface area contributed by atoms with E-state index in [-0.39, 0.29) is 30.7 Å². The third kappa shape index (κ3) is 5.56. The van der Waals surface area contributed by atoms with E-state index in [4.69, 9.17) is 0 Å². The third-order valence-corrected chi connectivity index (χ3v) is 4.37. The van der Waals surface area contributed by atoms with Crippen LogP contribution in [0.15, 0.2) is 0 Å². The van der Waals surface area contributed by atoms with Gasteiger partial charge in [-0.1, -0.05) is 0 Å². The molecule has 108 valence electrons. The zero-order chi connectivity index (χ0) is 14.0. The summed E-state index contributed by atoms with van der Waals surface area (Å²) in [6.07, 6.45) is -1.76. The molecule has 0 aromatic heterocycles. The molecule has 0 heterocycles. The van der Waals surface area contributed by atoms with Crippen molar-refractivity contribution in [1.82, 2.24) is 5.32 Å². The maximum absolute atomic E-state index is 12.5. The minimum absolute atomic E-state index is 0.000324. The molecule has 1 saturated carbocycles. The van der Waals surface area contributed by atoms with Crippen molar-refractivity contribution >= 4 is 9.84 Å².